The number of hydrogen-bond acceptors (Lipinski definition) is 4. The molecule has 0 aromatic carbocycles. The van der Waals surface area contributed by atoms with Crippen LogP contribution in [0.15, 0.2) is 22.8 Å². The minimum atomic E-state index is 0.500. The number of hydrogen-bond donors (Lipinski definition) is 3. The largest absolute Gasteiger partial charge is 0.369 e. The summed E-state index contributed by atoms with van der Waals surface area (Å²) in [6, 6.07) is 4.40. The van der Waals surface area contributed by atoms with Gasteiger partial charge < -0.3 is 5.32 Å². The number of nitrogens with zero attached hydrogens (tertiary/aromatic N) is 1. The molecule has 1 aromatic heterocycles. The molecule has 2 heterocycles. The second-order valence-electron chi connectivity index (χ2n) is 3.79. The molecule has 1 aromatic rings. The van der Waals surface area contributed by atoms with Crippen molar-refractivity contribution < 1.29 is 0 Å². The summed E-state index contributed by atoms with van der Waals surface area (Å²) in [7, 11) is 0. The predicted octanol–water partition coefficient (Wildman–Crippen LogP) is 1.37. The molecule has 2 rings (SSSR count). The zero-order valence-corrected chi connectivity index (χ0v) is 10.2. The van der Waals surface area contributed by atoms with Crippen molar-refractivity contribution in [2.75, 3.05) is 18.4 Å². The summed E-state index contributed by atoms with van der Waals surface area (Å²) >= 11 is 3.46. The van der Waals surface area contributed by atoms with Crippen molar-refractivity contribution in [1.29, 1.82) is 0 Å². The van der Waals surface area contributed by atoms with Crippen LogP contribution in [0.1, 0.15) is 6.92 Å². The molecular weight excluding hydrogens is 256 g/mol. The molecular formula is C10H15BrN4. The van der Waals surface area contributed by atoms with Crippen molar-refractivity contribution in [3.05, 3.63) is 22.8 Å². The van der Waals surface area contributed by atoms with E-state index in [1.807, 2.05) is 12.1 Å². The molecule has 1 fully saturated rings. The van der Waals surface area contributed by atoms with Gasteiger partial charge in [-0.05, 0) is 35.0 Å². The van der Waals surface area contributed by atoms with Gasteiger partial charge in [0.05, 0.1) is 4.47 Å². The zero-order valence-electron chi connectivity index (χ0n) is 8.63. The minimum Gasteiger partial charge on any atom is -0.369 e. The summed E-state index contributed by atoms with van der Waals surface area (Å²) < 4.78 is 1.01. The van der Waals surface area contributed by atoms with Gasteiger partial charge in [-0.1, -0.05) is 0 Å². The van der Waals surface area contributed by atoms with Crippen LogP contribution in [0.25, 0.3) is 0 Å². The van der Waals surface area contributed by atoms with Crippen molar-refractivity contribution in [1.82, 2.24) is 15.8 Å². The Bertz CT molecular complexity index is 331. The molecule has 0 radical (unpaired) electrons. The average Bonchev–Trinajstić information content (AvgIpc) is 2.63. The van der Waals surface area contributed by atoms with Crippen LogP contribution in [0.5, 0.6) is 0 Å². The third-order valence-corrected chi connectivity index (χ3v) is 3.33. The Hall–Kier alpha value is -0.650. The molecule has 2 atom stereocenters. The number of anilines is 1. The van der Waals surface area contributed by atoms with Crippen LogP contribution in [0.4, 0.5) is 5.82 Å². The van der Waals surface area contributed by atoms with Crippen LogP contribution < -0.4 is 16.2 Å². The SMILES string of the molecule is CC1NNCC1CNc1ncccc1Br. The van der Waals surface area contributed by atoms with Crippen molar-refractivity contribution >= 4 is 21.7 Å². The maximum atomic E-state index is 4.27. The highest BCUT2D eigenvalue weighted by Crippen LogP contribution is 2.19. The predicted molar refractivity (Wildman–Crippen MR) is 64.5 cm³/mol. The second kappa shape index (κ2) is 4.92. The lowest BCUT2D eigenvalue weighted by Crippen LogP contribution is -2.30. The van der Waals surface area contributed by atoms with Crippen LogP contribution >= 0.6 is 15.9 Å². The van der Waals surface area contributed by atoms with Gasteiger partial charge in [-0.25, -0.2) is 4.98 Å². The van der Waals surface area contributed by atoms with Gasteiger partial charge in [0, 0.05) is 31.2 Å². The average molecular weight is 271 g/mol. The van der Waals surface area contributed by atoms with E-state index >= 15 is 0 Å². The van der Waals surface area contributed by atoms with Crippen LogP contribution in [0.3, 0.4) is 0 Å². The molecule has 2 unspecified atom stereocenters. The summed E-state index contributed by atoms with van der Waals surface area (Å²) in [5.41, 5.74) is 6.35. The Morgan fingerprint density at radius 2 is 2.53 bits per heavy atom. The van der Waals surface area contributed by atoms with E-state index in [-0.39, 0.29) is 0 Å². The summed E-state index contributed by atoms with van der Waals surface area (Å²) in [5, 5.41) is 3.35. The standard InChI is InChI=1S/C10H15BrN4/c1-7-8(6-14-15-7)5-13-10-9(11)3-2-4-12-10/h2-4,7-8,14-15H,5-6H2,1H3,(H,12,13). The fourth-order valence-corrected chi connectivity index (χ4v) is 2.03. The molecule has 1 saturated heterocycles. The van der Waals surface area contributed by atoms with E-state index in [0.717, 1.165) is 23.4 Å². The van der Waals surface area contributed by atoms with Crippen molar-refractivity contribution in [3.63, 3.8) is 0 Å². The Morgan fingerprint density at radius 1 is 1.67 bits per heavy atom. The first kappa shape index (κ1) is 10.9. The Kier molecular flexibility index (Phi) is 3.56. The van der Waals surface area contributed by atoms with Crippen molar-refractivity contribution in [2.45, 2.75) is 13.0 Å². The van der Waals surface area contributed by atoms with Crippen LogP contribution in [0, 0.1) is 5.92 Å². The molecule has 3 N–H and O–H groups in total. The number of halogens is 1. The lowest BCUT2D eigenvalue weighted by atomic mass is 10.0. The van der Waals surface area contributed by atoms with Gasteiger partial charge in [0.15, 0.2) is 0 Å². The maximum Gasteiger partial charge on any atom is 0.140 e. The van der Waals surface area contributed by atoms with Gasteiger partial charge in [0.2, 0.25) is 0 Å². The van der Waals surface area contributed by atoms with Gasteiger partial charge >= 0.3 is 0 Å². The highest BCUT2D eigenvalue weighted by Gasteiger charge is 2.22. The molecule has 0 bridgehead atoms. The van der Waals surface area contributed by atoms with Gasteiger partial charge in [0.25, 0.3) is 0 Å². The van der Waals surface area contributed by atoms with Gasteiger partial charge in [-0.3, -0.25) is 10.9 Å². The second-order valence-corrected chi connectivity index (χ2v) is 4.64. The first-order valence-corrected chi connectivity index (χ1v) is 5.89. The number of hydrazine groups is 1. The summed E-state index contributed by atoms with van der Waals surface area (Å²) in [5.74, 6) is 1.51. The van der Waals surface area contributed by atoms with Crippen LogP contribution in [-0.2, 0) is 0 Å². The molecule has 4 nitrogen and oxygen atoms in total. The fourth-order valence-electron chi connectivity index (χ4n) is 1.64. The lowest BCUT2D eigenvalue weighted by molar-refractivity contribution is 0.508. The van der Waals surface area contributed by atoms with E-state index < -0.39 is 0 Å². The van der Waals surface area contributed by atoms with Crippen LogP contribution in [-0.4, -0.2) is 24.1 Å². The fraction of sp³-hybridized carbons (Fsp3) is 0.500. The minimum absolute atomic E-state index is 0.500. The first-order chi connectivity index (χ1) is 7.27. The summed E-state index contributed by atoms with van der Waals surface area (Å²) in [6.07, 6.45) is 1.79. The summed E-state index contributed by atoms with van der Waals surface area (Å²) in [6.45, 7) is 4.11. The smallest absolute Gasteiger partial charge is 0.140 e. The van der Waals surface area contributed by atoms with Crippen molar-refractivity contribution in [2.24, 2.45) is 5.92 Å². The monoisotopic (exact) mass is 270 g/mol. The van der Waals surface area contributed by atoms with Gasteiger partial charge in [-0.15, -0.1) is 0 Å². The van der Waals surface area contributed by atoms with E-state index in [9.17, 15) is 0 Å². The molecule has 1 aliphatic rings. The number of rotatable bonds is 3. The normalized spacial score (nSPS) is 25.5. The number of aromatic nitrogens is 1. The third kappa shape index (κ3) is 2.68. The Balaban J connectivity index is 1.90. The zero-order chi connectivity index (χ0) is 10.7. The first-order valence-electron chi connectivity index (χ1n) is 5.10. The number of nitrogens with one attached hydrogen (secondary N) is 3. The van der Waals surface area contributed by atoms with Crippen molar-refractivity contribution in [3.8, 4) is 0 Å². The van der Waals surface area contributed by atoms with Gasteiger partial charge in [0.1, 0.15) is 5.82 Å². The highest BCUT2D eigenvalue weighted by atomic mass is 79.9. The van der Waals surface area contributed by atoms with Crippen LogP contribution in [0.2, 0.25) is 0 Å². The molecule has 0 spiro atoms. The maximum absolute atomic E-state index is 4.27. The molecule has 0 saturated carbocycles. The highest BCUT2D eigenvalue weighted by molar-refractivity contribution is 9.10. The van der Waals surface area contributed by atoms with E-state index in [1.54, 1.807) is 6.20 Å². The van der Waals surface area contributed by atoms with E-state index in [0.29, 0.717) is 12.0 Å². The molecule has 5 heteroatoms. The molecule has 1 aliphatic heterocycles. The Morgan fingerprint density at radius 3 is 3.20 bits per heavy atom. The molecule has 0 aliphatic carbocycles. The molecule has 15 heavy (non-hydrogen) atoms. The summed E-state index contributed by atoms with van der Waals surface area (Å²) in [4.78, 5) is 4.27. The third-order valence-electron chi connectivity index (χ3n) is 2.69. The van der Waals surface area contributed by atoms with E-state index in [1.165, 1.54) is 0 Å². The topological polar surface area (TPSA) is 49.0 Å². The lowest BCUT2D eigenvalue weighted by Gasteiger charge is -2.15. The van der Waals surface area contributed by atoms with E-state index in [2.05, 4.69) is 44.0 Å². The van der Waals surface area contributed by atoms with E-state index in [4.69, 9.17) is 0 Å². The molecule has 0 amide bonds. The number of pyridine rings is 1. The Labute approximate surface area is 98.0 Å². The molecule has 82 valence electrons. The van der Waals surface area contributed by atoms with Gasteiger partial charge in [-0.2, -0.15) is 0 Å². The quantitative estimate of drug-likeness (QED) is 0.777.